The highest BCUT2D eigenvalue weighted by atomic mass is 35.5. The van der Waals surface area contributed by atoms with Crippen molar-refractivity contribution in [3.63, 3.8) is 0 Å². The third-order valence-electron chi connectivity index (χ3n) is 5.86. The van der Waals surface area contributed by atoms with Crippen molar-refractivity contribution in [1.82, 2.24) is 10.6 Å². The Hall–Kier alpha value is -3.60. The van der Waals surface area contributed by atoms with E-state index in [0.29, 0.717) is 69.2 Å². The Labute approximate surface area is 247 Å². The predicted octanol–water partition coefficient (Wildman–Crippen LogP) is 3.72. The van der Waals surface area contributed by atoms with Crippen molar-refractivity contribution in [2.75, 3.05) is 55.2 Å². The summed E-state index contributed by atoms with van der Waals surface area (Å²) in [5.41, 5.74) is 3.66. The van der Waals surface area contributed by atoms with Crippen LogP contribution in [0.3, 0.4) is 0 Å². The van der Waals surface area contributed by atoms with Crippen LogP contribution < -0.4 is 39.6 Å². The smallest absolute Gasteiger partial charge is 0.334 e. The molecule has 0 unspecified atom stereocenters. The fraction of sp³-hybridized carbons (Fsp3) is 0.273. The summed E-state index contributed by atoms with van der Waals surface area (Å²) in [5.74, 6) is 0.00362. The van der Waals surface area contributed by atoms with Crippen LogP contribution in [0.5, 0.6) is 0 Å². The second-order valence-corrected chi connectivity index (χ2v) is 10.8. The third kappa shape index (κ3) is 5.52. The summed E-state index contributed by atoms with van der Waals surface area (Å²) in [6.07, 6.45) is -0.384. The number of hydrogen-bond acceptors (Lipinski definition) is 16. The molecule has 4 aliphatic rings. The molecule has 6 N–H and O–H groups in total. The number of hydrogen-bond donors (Lipinski definition) is 6. The van der Waals surface area contributed by atoms with Crippen molar-refractivity contribution in [1.29, 1.82) is 0 Å². The standard InChI is InChI=1S/C22H22Cl2N10O4S2/c23-11-1-3-13-19(17(11)29-21-25-7-8-26-21)31-39-33(13)37-15(35)5-6-16(36)38-34-14-4-2-12(24)18(20(14)32-40-34)30-22-27-9-10-28-22/h1-4,31-32H,5-10H2,(H2,25,26,29)(H2,27,28,30). The lowest BCUT2D eigenvalue weighted by atomic mass is 10.2. The van der Waals surface area contributed by atoms with E-state index in [1.807, 2.05) is 0 Å². The fourth-order valence-electron chi connectivity index (χ4n) is 3.98. The maximum absolute atomic E-state index is 12.6. The van der Waals surface area contributed by atoms with Gasteiger partial charge in [-0.3, -0.25) is 9.98 Å². The summed E-state index contributed by atoms with van der Waals surface area (Å²) < 4.78 is 8.84. The summed E-state index contributed by atoms with van der Waals surface area (Å²) in [7, 11) is 0. The molecule has 2 aromatic rings. The summed E-state index contributed by atoms with van der Waals surface area (Å²) in [6.45, 7) is 2.82. The largest absolute Gasteiger partial charge is 0.354 e. The first-order valence-corrected chi connectivity index (χ1v) is 14.4. The van der Waals surface area contributed by atoms with Crippen LogP contribution in [0.1, 0.15) is 12.8 Å². The zero-order valence-corrected chi connectivity index (χ0v) is 23.7. The zero-order valence-electron chi connectivity index (χ0n) is 20.5. The van der Waals surface area contributed by atoms with Crippen molar-refractivity contribution in [2.24, 2.45) is 9.98 Å². The Balaban J connectivity index is 1.03. The van der Waals surface area contributed by atoms with Gasteiger partial charge in [0, 0.05) is 13.1 Å². The van der Waals surface area contributed by atoms with Crippen LogP contribution in [-0.2, 0) is 19.3 Å². The highest BCUT2D eigenvalue weighted by molar-refractivity contribution is 8.02. The minimum Gasteiger partial charge on any atom is -0.354 e. The van der Waals surface area contributed by atoms with Gasteiger partial charge in [-0.05, 0) is 24.3 Å². The number of anilines is 6. The summed E-state index contributed by atoms with van der Waals surface area (Å²) in [5, 5.41) is 13.5. The normalized spacial score (nSPS) is 16.6. The van der Waals surface area contributed by atoms with E-state index in [2.05, 4.69) is 40.7 Å². The minimum atomic E-state index is -0.610. The molecular weight excluding hydrogens is 603 g/mol. The van der Waals surface area contributed by atoms with Crippen molar-refractivity contribution >= 4 is 105 Å². The van der Waals surface area contributed by atoms with Gasteiger partial charge in [-0.2, -0.15) is 0 Å². The summed E-state index contributed by atoms with van der Waals surface area (Å²) in [6, 6.07) is 6.83. The molecule has 0 saturated heterocycles. The average Bonchev–Trinajstić information content (AvgIpc) is 3.75. The topological polar surface area (TPSA) is 156 Å². The highest BCUT2D eigenvalue weighted by Gasteiger charge is 2.31. The first-order valence-electron chi connectivity index (χ1n) is 12.1. The van der Waals surface area contributed by atoms with E-state index >= 15 is 0 Å². The lowest BCUT2D eigenvalue weighted by Gasteiger charge is -2.17. The lowest BCUT2D eigenvalue weighted by Crippen LogP contribution is -2.26. The van der Waals surface area contributed by atoms with Crippen LogP contribution in [0.2, 0.25) is 10.0 Å². The van der Waals surface area contributed by atoms with Crippen molar-refractivity contribution in [2.45, 2.75) is 12.8 Å². The van der Waals surface area contributed by atoms with Crippen molar-refractivity contribution in [3.8, 4) is 0 Å². The van der Waals surface area contributed by atoms with E-state index in [-0.39, 0.29) is 12.8 Å². The minimum absolute atomic E-state index is 0.192. The maximum atomic E-state index is 12.6. The van der Waals surface area contributed by atoms with Gasteiger partial charge in [0.05, 0.1) is 58.7 Å². The summed E-state index contributed by atoms with van der Waals surface area (Å²) in [4.78, 5) is 44.7. The molecule has 0 radical (unpaired) electrons. The van der Waals surface area contributed by atoms with E-state index in [9.17, 15) is 9.59 Å². The Kier molecular flexibility index (Phi) is 7.64. The van der Waals surface area contributed by atoms with E-state index in [4.69, 9.17) is 32.9 Å². The third-order valence-corrected chi connectivity index (χ3v) is 7.95. The lowest BCUT2D eigenvalue weighted by molar-refractivity contribution is -0.149. The molecule has 6 rings (SSSR count). The van der Waals surface area contributed by atoms with E-state index in [1.54, 1.807) is 24.3 Å². The number of fused-ring (bicyclic) bond motifs is 2. The molecule has 0 aromatic heterocycles. The van der Waals surface area contributed by atoms with Gasteiger partial charge in [0.2, 0.25) is 0 Å². The second-order valence-electron chi connectivity index (χ2n) is 8.52. The first kappa shape index (κ1) is 26.6. The molecule has 0 bridgehead atoms. The van der Waals surface area contributed by atoms with Gasteiger partial charge in [-0.1, -0.05) is 23.2 Å². The number of nitrogens with one attached hydrogen (secondary N) is 6. The number of rotatable bonds is 7. The van der Waals surface area contributed by atoms with E-state index in [0.717, 1.165) is 37.4 Å². The number of halogens is 2. The van der Waals surface area contributed by atoms with Gasteiger partial charge in [-0.15, -0.1) is 8.94 Å². The van der Waals surface area contributed by atoms with Crippen LogP contribution in [0.15, 0.2) is 34.3 Å². The molecule has 2 aromatic carbocycles. The van der Waals surface area contributed by atoms with Gasteiger partial charge < -0.3 is 40.4 Å². The van der Waals surface area contributed by atoms with Gasteiger partial charge >= 0.3 is 11.9 Å². The van der Waals surface area contributed by atoms with Crippen LogP contribution in [0, 0.1) is 0 Å². The van der Waals surface area contributed by atoms with Crippen molar-refractivity contribution < 1.29 is 19.3 Å². The van der Waals surface area contributed by atoms with Gasteiger partial charge in [0.15, 0.2) is 11.9 Å². The second kappa shape index (κ2) is 11.5. The number of carbonyl (C=O) groups excluding carboxylic acids is 2. The molecule has 0 aliphatic carbocycles. The monoisotopic (exact) mass is 624 g/mol. The molecule has 4 heterocycles. The molecule has 0 atom stereocenters. The molecule has 0 saturated carbocycles. The first-order chi connectivity index (χ1) is 19.5. The number of nitrogens with zero attached hydrogens (tertiary/aromatic N) is 4. The number of benzene rings is 2. The van der Waals surface area contributed by atoms with Gasteiger partial charge in [0.25, 0.3) is 0 Å². The van der Waals surface area contributed by atoms with Crippen LogP contribution in [-0.4, -0.2) is 50.0 Å². The molecule has 0 amide bonds. The fourth-order valence-corrected chi connectivity index (χ4v) is 5.89. The Morgan fingerprint density at radius 2 is 1.25 bits per heavy atom. The van der Waals surface area contributed by atoms with Gasteiger partial charge in [-0.25, -0.2) is 9.59 Å². The molecule has 0 spiro atoms. The number of guanidine groups is 2. The Morgan fingerprint density at radius 3 is 1.65 bits per heavy atom. The van der Waals surface area contributed by atoms with Crippen molar-refractivity contribution in [3.05, 3.63) is 34.3 Å². The quantitative estimate of drug-likeness (QED) is 0.248. The molecule has 14 nitrogen and oxygen atoms in total. The molecular formula is C22H22Cl2N10O4S2. The Morgan fingerprint density at radius 1 is 0.800 bits per heavy atom. The predicted molar refractivity (Wildman–Crippen MR) is 160 cm³/mol. The molecule has 18 heteroatoms. The number of aliphatic imine (C=N–C) groups is 2. The number of carbonyl (C=O) groups is 2. The zero-order chi connectivity index (χ0) is 27.6. The molecule has 0 fully saturated rings. The highest BCUT2D eigenvalue weighted by Crippen LogP contribution is 2.48. The average molecular weight is 626 g/mol. The Bertz CT molecular complexity index is 1320. The SMILES string of the molecule is O=C(CCC(=O)ON1SNc2c1ccc(Cl)c2NC1=NCCN1)ON1SNc2c1ccc(Cl)c2NC1=NCCN1. The molecule has 4 aliphatic heterocycles. The van der Waals surface area contributed by atoms with Crippen LogP contribution in [0.4, 0.5) is 34.1 Å². The van der Waals surface area contributed by atoms with Gasteiger partial charge in [0.1, 0.15) is 35.6 Å². The summed E-state index contributed by atoms with van der Waals surface area (Å²) >= 11 is 14.9. The molecule has 40 heavy (non-hydrogen) atoms. The van der Waals surface area contributed by atoms with E-state index in [1.165, 1.54) is 8.94 Å². The molecule has 210 valence electrons. The maximum Gasteiger partial charge on any atom is 0.334 e. The van der Waals surface area contributed by atoms with Crippen LogP contribution >= 0.6 is 47.5 Å². The van der Waals surface area contributed by atoms with Crippen LogP contribution in [0.25, 0.3) is 0 Å². The van der Waals surface area contributed by atoms with E-state index < -0.39 is 11.9 Å².